The molecule has 106 valence electrons. The first-order valence-electron chi connectivity index (χ1n) is 6.39. The second-order valence-electron chi connectivity index (χ2n) is 4.39. The molecule has 0 unspecified atom stereocenters. The number of ether oxygens (including phenoxy) is 1. The molecule has 0 fully saturated rings. The molecule has 0 bridgehead atoms. The van der Waals surface area contributed by atoms with Gasteiger partial charge in [0.2, 0.25) is 5.91 Å². The van der Waals surface area contributed by atoms with E-state index in [-0.39, 0.29) is 11.7 Å². The van der Waals surface area contributed by atoms with Crippen LogP contribution < -0.4 is 5.73 Å². The number of hydrogen-bond donors (Lipinski definition) is 2. The van der Waals surface area contributed by atoms with E-state index in [4.69, 9.17) is 10.5 Å². The average Bonchev–Trinajstić information content (AvgIpc) is 2.42. The zero-order chi connectivity index (χ0) is 14.3. The number of nitrogens with two attached hydrogens (primary N) is 1. The molecule has 0 aromatic heterocycles. The van der Waals surface area contributed by atoms with E-state index in [1.54, 1.807) is 36.3 Å². The Balaban J connectivity index is 2.57. The van der Waals surface area contributed by atoms with Crippen LogP contribution in [0.15, 0.2) is 24.3 Å². The van der Waals surface area contributed by atoms with Gasteiger partial charge in [-0.1, -0.05) is 12.1 Å². The third kappa shape index (κ3) is 4.89. The molecule has 1 amide bonds. The molecule has 0 saturated heterocycles. The van der Waals surface area contributed by atoms with Crippen molar-refractivity contribution in [3.63, 3.8) is 0 Å². The molecule has 5 nitrogen and oxygen atoms in total. The van der Waals surface area contributed by atoms with E-state index in [0.29, 0.717) is 26.1 Å². The van der Waals surface area contributed by atoms with Gasteiger partial charge in [-0.15, -0.1) is 0 Å². The molecule has 0 radical (unpaired) electrons. The number of carbonyl (C=O) groups excluding carboxylic acids is 1. The Morgan fingerprint density at radius 3 is 2.58 bits per heavy atom. The molecule has 0 spiro atoms. The fraction of sp³-hybridized carbons (Fsp3) is 0.500. The second kappa shape index (κ2) is 7.76. The van der Waals surface area contributed by atoms with E-state index in [1.165, 1.54) is 0 Å². The lowest BCUT2D eigenvalue weighted by molar-refractivity contribution is -0.133. The summed E-state index contributed by atoms with van der Waals surface area (Å²) in [7, 11) is 1.61. The van der Waals surface area contributed by atoms with Crippen LogP contribution in [0.4, 0.5) is 0 Å². The number of carbonyl (C=O) groups is 1. The van der Waals surface area contributed by atoms with Crippen LogP contribution in [0.2, 0.25) is 0 Å². The Bertz CT molecular complexity index is 392. The van der Waals surface area contributed by atoms with Crippen molar-refractivity contribution in [1.29, 1.82) is 0 Å². The third-order valence-electron chi connectivity index (χ3n) is 2.97. The van der Waals surface area contributed by atoms with Gasteiger partial charge in [-0.2, -0.15) is 0 Å². The van der Waals surface area contributed by atoms with Gasteiger partial charge in [-0.3, -0.25) is 4.79 Å². The van der Waals surface area contributed by atoms with Crippen LogP contribution in [-0.2, 0) is 16.0 Å². The predicted molar refractivity (Wildman–Crippen MR) is 73.9 cm³/mol. The normalized spacial score (nSPS) is 12.2. The summed E-state index contributed by atoms with van der Waals surface area (Å²) in [4.78, 5) is 13.8. The molecular formula is C14H22N2O3. The molecule has 0 heterocycles. The lowest BCUT2D eigenvalue weighted by Crippen LogP contribution is -2.46. The van der Waals surface area contributed by atoms with Crippen molar-refractivity contribution in [2.24, 2.45) is 5.73 Å². The minimum atomic E-state index is -0.568. The van der Waals surface area contributed by atoms with E-state index < -0.39 is 6.04 Å². The maximum atomic E-state index is 12.1. The summed E-state index contributed by atoms with van der Waals surface area (Å²) in [5, 5.41) is 9.20. The highest BCUT2D eigenvalue weighted by Gasteiger charge is 2.19. The molecule has 1 atom stereocenters. The molecule has 0 aliphatic rings. The van der Waals surface area contributed by atoms with E-state index >= 15 is 0 Å². The highest BCUT2D eigenvalue weighted by atomic mass is 16.5. The fourth-order valence-corrected chi connectivity index (χ4v) is 1.83. The lowest BCUT2D eigenvalue weighted by atomic mass is 10.1. The molecule has 5 heteroatoms. The van der Waals surface area contributed by atoms with Crippen LogP contribution in [0.25, 0.3) is 0 Å². The Labute approximate surface area is 114 Å². The Morgan fingerprint density at radius 2 is 2.05 bits per heavy atom. The monoisotopic (exact) mass is 266 g/mol. The minimum Gasteiger partial charge on any atom is -0.508 e. The van der Waals surface area contributed by atoms with Crippen molar-refractivity contribution in [2.75, 3.05) is 26.8 Å². The van der Waals surface area contributed by atoms with Gasteiger partial charge in [0, 0.05) is 20.2 Å². The topological polar surface area (TPSA) is 75.8 Å². The number of nitrogens with zero attached hydrogens (tertiary/aromatic N) is 1. The van der Waals surface area contributed by atoms with Crippen molar-refractivity contribution < 1.29 is 14.6 Å². The van der Waals surface area contributed by atoms with Gasteiger partial charge in [0.05, 0.1) is 12.6 Å². The first-order valence-corrected chi connectivity index (χ1v) is 6.39. The number of likely N-dealkylation sites (N-methyl/N-ethyl adjacent to an activating group) is 1. The van der Waals surface area contributed by atoms with Gasteiger partial charge >= 0.3 is 0 Å². The Morgan fingerprint density at radius 1 is 1.42 bits per heavy atom. The van der Waals surface area contributed by atoms with Crippen molar-refractivity contribution in [3.8, 4) is 5.75 Å². The largest absolute Gasteiger partial charge is 0.508 e. The van der Waals surface area contributed by atoms with Crippen LogP contribution in [-0.4, -0.2) is 48.8 Å². The summed E-state index contributed by atoms with van der Waals surface area (Å²) < 4.78 is 4.97. The maximum absolute atomic E-state index is 12.1. The van der Waals surface area contributed by atoms with Gasteiger partial charge < -0.3 is 20.5 Å². The van der Waals surface area contributed by atoms with Gasteiger partial charge in [0.25, 0.3) is 0 Å². The zero-order valence-electron chi connectivity index (χ0n) is 11.5. The van der Waals surface area contributed by atoms with Gasteiger partial charge in [0.15, 0.2) is 0 Å². The summed E-state index contributed by atoms with van der Waals surface area (Å²) in [6.45, 7) is 3.59. The van der Waals surface area contributed by atoms with Gasteiger partial charge in [-0.25, -0.2) is 0 Å². The number of rotatable bonds is 7. The molecule has 19 heavy (non-hydrogen) atoms. The SMILES string of the molecule is CCN(CCOC)C(=O)[C@H](N)Cc1ccc(O)cc1. The van der Waals surface area contributed by atoms with E-state index in [0.717, 1.165) is 5.56 Å². The molecule has 0 aliphatic carbocycles. The van der Waals surface area contributed by atoms with Crippen molar-refractivity contribution in [1.82, 2.24) is 4.90 Å². The van der Waals surface area contributed by atoms with Crippen molar-refractivity contribution in [3.05, 3.63) is 29.8 Å². The quantitative estimate of drug-likeness (QED) is 0.764. The molecular weight excluding hydrogens is 244 g/mol. The third-order valence-corrected chi connectivity index (χ3v) is 2.97. The average molecular weight is 266 g/mol. The van der Waals surface area contributed by atoms with Crippen LogP contribution in [0, 0.1) is 0 Å². The standard InChI is InChI=1S/C14H22N2O3/c1-3-16(8-9-19-2)14(18)13(15)10-11-4-6-12(17)7-5-11/h4-7,13,17H,3,8-10,15H2,1-2H3/t13-/m1/s1. The Kier molecular flexibility index (Phi) is 6.32. The molecule has 1 rings (SSSR count). The maximum Gasteiger partial charge on any atom is 0.239 e. The highest BCUT2D eigenvalue weighted by Crippen LogP contribution is 2.11. The zero-order valence-corrected chi connectivity index (χ0v) is 11.5. The van der Waals surface area contributed by atoms with Gasteiger partial charge in [0.1, 0.15) is 5.75 Å². The summed E-state index contributed by atoms with van der Waals surface area (Å²) in [5.74, 6) is 0.131. The van der Waals surface area contributed by atoms with Crippen molar-refractivity contribution >= 4 is 5.91 Å². The number of amides is 1. The minimum absolute atomic E-state index is 0.0763. The van der Waals surface area contributed by atoms with E-state index in [1.807, 2.05) is 6.92 Å². The fourth-order valence-electron chi connectivity index (χ4n) is 1.83. The molecule has 1 aromatic rings. The summed E-state index contributed by atoms with van der Waals surface area (Å²) in [5.41, 5.74) is 6.87. The summed E-state index contributed by atoms with van der Waals surface area (Å²) >= 11 is 0. The number of methoxy groups -OCH3 is 1. The van der Waals surface area contributed by atoms with Crippen LogP contribution >= 0.6 is 0 Å². The van der Waals surface area contributed by atoms with Crippen LogP contribution in [0.3, 0.4) is 0 Å². The van der Waals surface area contributed by atoms with Gasteiger partial charge in [-0.05, 0) is 31.0 Å². The number of hydrogen-bond acceptors (Lipinski definition) is 4. The van der Waals surface area contributed by atoms with E-state index in [9.17, 15) is 9.90 Å². The Hall–Kier alpha value is -1.59. The number of phenolic OH excluding ortho intramolecular Hbond substituents is 1. The predicted octanol–water partition coefficient (Wildman–Crippen LogP) is 0.757. The summed E-state index contributed by atoms with van der Waals surface area (Å²) in [6.07, 6.45) is 0.461. The molecule has 0 saturated carbocycles. The second-order valence-corrected chi connectivity index (χ2v) is 4.39. The molecule has 3 N–H and O–H groups in total. The summed E-state index contributed by atoms with van der Waals surface area (Å²) in [6, 6.07) is 6.16. The smallest absolute Gasteiger partial charge is 0.239 e. The lowest BCUT2D eigenvalue weighted by Gasteiger charge is -2.24. The number of benzene rings is 1. The van der Waals surface area contributed by atoms with E-state index in [2.05, 4.69) is 0 Å². The number of phenols is 1. The van der Waals surface area contributed by atoms with Crippen LogP contribution in [0.5, 0.6) is 5.75 Å². The highest BCUT2D eigenvalue weighted by molar-refractivity contribution is 5.82. The molecule has 0 aliphatic heterocycles. The number of aromatic hydroxyl groups is 1. The van der Waals surface area contributed by atoms with Crippen LogP contribution in [0.1, 0.15) is 12.5 Å². The first kappa shape index (κ1) is 15.5. The van der Waals surface area contributed by atoms with Crippen molar-refractivity contribution in [2.45, 2.75) is 19.4 Å². The molecule has 1 aromatic carbocycles. The first-order chi connectivity index (χ1) is 9.08.